The first-order valence-corrected chi connectivity index (χ1v) is 7.82. The largest absolute Gasteiger partial charge is 0.383 e. The molecule has 0 unspecified atom stereocenters. The van der Waals surface area contributed by atoms with Gasteiger partial charge in [0.1, 0.15) is 0 Å². The van der Waals surface area contributed by atoms with Crippen LogP contribution in [0.3, 0.4) is 0 Å². The Kier molecular flexibility index (Phi) is 4.64. The van der Waals surface area contributed by atoms with Crippen molar-refractivity contribution in [1.82, 2.24) is 4.57 Å². The molecule has 0 fully saturated rings. The molecule has 0 bridgehead atoms. The summed E-state index contributed by atoms with van der Waals surface area (Å²) in [6.07, 6.45) is 0. The number of ether oxygens (including phenoxy) is 1. The molecule has 0 aliphatic carbocycles. The minimum Gasteiger partial charge on any atom is -0.383 e. The molecule has 1 heterocycles. The fraction of sp³-hybridized carbons (Fsp3) is 0.500. The molecule has 0 radical (unpaired) electrons. The second-order valence-corrected chi connectivity index (χ2v) is 7.18. The first kappa shape index (κ1) is 15.9. The lowest BCUT2D eigenvalue weighted by Gasteiger charge is -2.12. The quantitative estimate of drug-likeness (QED) is 0.874. The van der Waals surface area contributed by atoms with Crippen LogP contribution < -0.4 is 4.80 Å². The Morgan fingerprint density at radius 2 is 2.10 bits per heavy atom. The zero-order valence-corrected chi connectivity index (χ0v) is 14.1. The van der Waals surface area contributed by atoms with Crippen LogP contribution in [0.15, 0.2) is 23.2 Å². The van der Waals surface area contributed by atoms with Gasteiger partial charge < -0.3 is 9.30 Å². The molecule has 0 N–H and O–H groups in total. The van der Waals surface area contributed by atoms with Gasteiger partial charge in [0, 0.05) is 19.1 Å². The van der Waals surface area contributed by atoms with Crippen LogP contribution in [0.25, 0.3) is 10.2 Å². The van der Waals surface area contributed by atoms with Gasteiger partial charge in [-0.25, -0.2) is 0 Å². The number of benzene rings is 1. The molecule has 114 valence electrons. The molecule has 2 aromatic rings. The van der Waals surface area contributed by atoms with E-state index in [1.807, 2.05) is 20.8 Å². The first-order chi connectivity index (χ1) is 9.82. The van der Waals surface area contributed by atoms with Gasteiger partial charge in [-0.1, -0.05) is 38.2 Å². The van der Waals surface area contributed by atoms with Gasteiger partial charge in [-0.15, -0.1) is 0 Å². The van der Waals surface area contributed by atoms with Crippen LogP contribution in [0.2, 0.25) is 0 Å². The molecule has 21 heavy (non-hydrogen) atoms. The zero-order valence-electron chi connectivity index (χ0n) is 13.3. The molecule has 1 aromatic carbocycles. The number of fused-ring (bicyclic) bond motifs is 1. The fourth-order valence-corrected chi connectivity index (χ4v) is 3.07. The molecule has 1 amide bonds. The Morgan fingerprint density at radius 1 is 1.38 bits per heavy atom. The summed E-state index contributed by atoms with van der Waals surface area (Å²) in [7, 11) is 1.68. The van der Waals surface area contributed by atoms with Gasteiger partial charge in [0.2, 0.25) is 0 Å². The lowest BCUT2D eigenvalue weighted by Crippen LogP contribution is -2.24. The predicted molar refractivity (Wildman–Crippen MR) is 86.5 cm³/mol. The van der Waals surface area contributed by atoms with E-state index in [4.69, 9.17) is 4.74 Å². The van der Waals surface area contributed by atoms with Gasteiger partial charge in [-0.3, -0.25) is 4.79 Å². The molecule has 0 atom stereocenters. The van der Waals surface area contributed by atoms with Crippen molar-refractivity contribution in [1.29, 1.82) is 0 Å². The third-order valence-corrected chi connectivity index (χ3v) is 4.24. The maximum atomic E-state index is 12.2. The maximum Gasteiger partial charge on any atom is 0.253 e. The van der Waals surface area contributed by atoms with Gasteiger partial charge in [0.05, 0.1) is 16.8 Å². The number of amides is 1. The zero-order chi connectivity index (χ0) is 15.6. The second-order valence-electron chi connectivity index (χ2n) is 6.17. The van der Waals surface area contributed by atoms with E-state index in [1.54, 1.807) is 18.4 Å². The van der Waals surface area contributed by atoms with E-state index < -0.39 is 5.41 Å². The Bertz CT molecular complexity index is 720. The molecule has 0 saturated heterocycles. The Hall–Kier alpha value is -1.46. The molecule has 0 aliphatic rings. The Balaban J connectivity index is 2.61. The van der Waals surface area contributed by atoms with E-state index in [0.29, 0.717) is 13.2 Å². The molecule has 4 nitrogen and oxygen atoms in total. The van der Waals surface area contributed by atoms with Crippen molar-refractivity contribution in [3.63, 3.8) is 0 Å². The highest BCUT2D eigenvalue weighted by Crippen LogP contribution is 2.20. The predicted octanol–water partition coefficient (Wildman–Crippen LogP) is 3.13. The van der Waals surface area contributed by atoms with Crippen molar-refractivity contribution < 1.29 is 9.53 Å². The Labute approximate surface area is 129 Å². The summed E-state index contributed by atoms with van der Waals surface area (Å²) in [6.45, 7) is 9.00. The van der Waals surface area contributed by atoms with E-state index in [0.717, 1.165) is 15.0 Å². The smallest absolute Gasteiger partial charge is 0.253 e. The van der Waals surface area contributed by atoms with Gasteiger partial charge in [0.15, 0.2) is 4.80 Å². The molecular formula is C16H22N2O2S. The molecule has 0 aliphatic heterocycles. The number of carbonyl (C=O) groups excluding carboxylic acids is 1. The number of hydrogen-bond donors (Lipinski definition) is 0. The third kappa shape index (κ3) is 3.60. The summed E-state index contributed by atoms with van der Waals surface area (Å²) in [5.74, 6) is -0.100. The van der Waals surface area contributed by atoms with Crippen LogP contribution >= 0.6 is 11.3 Å². The topological polar surface area (TPSA) is 43.6 Å². The van der Waals surface area contributed by atoms with Crippen LogP contribution in [0.5, 0.6) is 0 Å². The number of aromatic nitrogens is 1. The SMILES string of the molecule is COCCn1c(=NC(=O)C(C)(C)C)sc2cc(C)ccc21. The van der Waals surface area contributed by atoms with E-state index in [2.05, 4.69) is 34.7 Å². The standard InChI is InChI=1S/C16H22N2O2S/c1-11-6-7-12-13(10-11)21-15(18(12)8-9-20-5)17-14(19)16(2,3)4/h6-7,10H,8-9H2,1-5H3. The summed E-state index contributed by atoms with van der Waals surface area (Å²) in [4.78, 5) is 17.3. The van der Waals surface area contributed by atoms with Crippen molar-refractivity contribution in [3.05, 3.63) is 28.6 Å². The molecule has 0 saturated carbocycles. The summed E-state index contributed by atoms with van der Waals surface area (Å²) in [6, 6.07) is 6.29. The van der Waals surface area contributed by atoms with Crippen LogP contribution in [0.1, 0.15) is 26.3 Å². The van der Waals surface area contributed by atoms with Crippen LogP contribution in [0, 0.1) is 12.3 Å². The van der Waals surface area contributed by atoms with E-state index >= 15 is 0 Å². The number of methoxy groups -OCH3 is 1. The van der Waals surface area contributed by atoms with Crippen LogP contribution in [-0.4, -0.2) is 24.2 Å². The summed E-state index contributed by atoms with van der Waals surface area (Å²) in [5, 5.41) is 0. The van der Waals surface area contributed by atoms with Gasteiger partial charge in [-0.05, 0) is 24.6 Å². The lowest BCUT2D eigenvalue weighted by molar-refractivity contribution is -0.125. The number of aryl methyl sites for hydroxylation is 1. The number of carbonyl (C=O) groups is 1. The summed E-state index contributed by atoms with van der Waals surface area (Å²) in [5.41, 5.74) is 1.84. The molecule has 1 aromatic heterocycles. The fourth-order valence-electron chi connectivity index (χ4n) is 1.92. The average Bonchev–Trinajstić information content (AvgIpc) is 2.71. The van der Waals surface area contributed by atoms with E-state index in [9.17, 15) is 4.79 Å². The van der Waals surface area contributed by atoms with Crippen molar-refractivity contribution in [2.45, 2.75) is 34.2 Å². The van der Waals surface area contributed by atoms with Gasteiger partial charge >= 0.3 is 0 Å². The van der Waals surface area contributed by atoms with Gasteiger partial charge in [-0.2, -0.15) is 4.99 Å². The van der Waals surface area contributed by atoms with Crippen LogP contribution in [0.4, 0.5) is 0 Å². The molecule has 2 rings (SSSR count). The average molecular weight is 306 g/mol. The molecule has 0 spiro atoms. The van der Waals surface area contributed by atoms with Crippen molar-refractivity contribution in [2.24, 2.45) is 10.4 Å². The van der Waals surface area contributed by atoms with Crippen LogP contribution in [-0.2, 0) is 16.1 Å². The van der Waals surface area contributed by atoms with E-state index in [-0.39, 0.29) is 5.91 Å². The lowest BCUT2D eigenvalue weighted by atomic mass is 9.96. The highest BCUT2D eigenvalue weighted by Gasteiger charge is 2.21. The number of rotatable bonds is 3. The first-order valence-electron chi connectivity index (χ1n) is 7.01. The number of hydrogen-bond acceptors (Lipinski definition) is 3. The molecular weight excluding hydrogens is 284 g/mol. The molecule has 5 heteroatoms. The number of thiazole rings is 1. The minimum absolute atomic E-state index is 0.100. The van der Waals surface area contributed by atoms with Crippen molar-refractivity contribution >= 4 is 27.5 Å². The Morgan fingerprint density at radius 3 is 2.71 bits per heavy atom. The summed E-state index contributed by atoms with van der Waals surface area (Å²) >= 11 is 1.55. The third-order valence-electron chi connectivity index (χ3n) is 3.20. The van der Waals surface area contributed by atoms with E-state index in [1.165, 1.54) is 5.56 Å². The highest BCUT2D eigenvalue weighted by atomic mass is 32.1. The normalized spacial score (nSPS) is 13.1. The second kappa shape index (κ2) is 6.12. The van der Waals surface area contributed by atoms with Crippen molar-refractivity contribution in [2.75, 3.05) is 13.7 Å². The number of nitrogens with zero attached hydrogens (tertiary/aromatic N) is 2. The van der Waals surface area contributed by atoms with Crippen molar-refractivity contribution in [3.8, 4) is 0 Å². The monoisotopic (exact) mass is 306 g/mol. The highest BCUT2D eigenvalue weighted by molar-refractivity contribution is 7.16. The maximum absolute atomic E-state index is 12.2. The van der Waals surface area contributed by atoms with Gasteiger partial charge in [0.25, 0.3) is 5.91 Å². The minimum atomic E-state index is -0.467. The summed E-state index contributed by atoms with van der Waals surface area (Å²) < 4.78 is 8.38.